The number of hydrogen-bond donors (Lipinski definition) is 2. The molecule has 1 saturated heterocycles. The third-order valence-corrected chi connectivity index (χ3v) is 3.18. The van der Waals surface area contributed by atoms with Gasteiger partial charge < -0.3 is 15.1 Å². The van der Waals surface area contributed by atoms with E-state index in [0.29, 0.717) is 12.1 Å². The van der Waals surface area contributed by atoms with E-state index in [4.69, 9.17) is 5.11 Å². The third kappa shape index (κ3) is 2.58. The minimum Gasteiger partial charge on any atom is -0.478 e. The van der Waals surface area contributed by atoms with Crippen LogP contribution in [0.5, 0.6) is 0 Å². The van der Waals surface area contributed by atoms with Crippen molar-refractivity contribution in [3.8, 4) is 0 Å². The first-order chi connectivity index (χ1) is 8.08. The summed E-state index contributed by atoms with van der Waals surface area (Å²) < 4.78 is 0. The van der Waals surface area contributed by atoms with Crippen molar-refractivity contribution < 1.29 is 15.0 Å². The van der Waals surface area contributed by atoms with Gasteiger partial charge in [0.05, 0.1) is 11.7 Å². The number of nitrogens with zero attached hydrogens (tertiary/aromatic N) is 1. The Morgan fingerprint density at radius 1 is 1.47 bits per heavy atom. The molecule has 0 spiro atoms. The lowest BCUT2D eigenvalue weighted by molar-refractivity contribution is 0.0696. The minimum atomic E-state index is -0.904. The summed E-state index contributed by atoms with van der Waals surface area (Å²) in [5, 5.41) is 18.5. The third-order valence-electron chi connectivity index (χ3n) is 3.18. The highest BCUT2D eigenvalue weighted by atomic mass is 16.4. The van der Waals surface area contributed by atoms with Gasteiger partial charge in [0.25, 0.3) is 0 Å². The maximum atomic E-state index is 10.8. The fourth-order valence-corrected chi connectivity index (χ4v) is 2.32. The highest BCUT2D eigenvalue weighted by Gasteiger charge is 2.19. The summed E-state index contributed by atoms with van der Waals surface area (Å²) in [6, 6.07) is 5.13. The number of anilines is 1. The standard InChI is InChI=1S/C13H17NO3/c1-9-7-10(13(16)17)4-5-12(9)14-6-2-3-11(15)8-14/h4-5,7,11,15H,2-3,6,8H2,1H3,(H,16,17). The second kappa shape index (κ2) is 4.75. The Bertz CT molecular complexity index is 431. The molecule has 1 heterocycles. The largest absolute Gasteiger partial charge is 0.478 e. The van der Waals surface area contributed by atoms with Crippen molar-refractivity contribution in [2.75, 3.05) is 18.0 Å². The molecule has 17 heavy (non-hydrogen) atoms. The van der Waals surface area contributed by atoms with Crippen molar-refractivity contribution >= 4 is 11.7 Å². The van der Waals surface area contributed by atoms with Crippen LogP contribution in [0.1, 0.15) is 28.8 Å². The van der Waals surface area contributed by atoms with Crippen molar-refractivity contribution in [3.05, 3.63) is 29.3 Å². The summed E-state index contributed by atoms with van der Waals surface area (Å²) in [7, 11) is 0. The molecule has 0 aromatic heterocycles. The lowest BCUT2D eigenvalue weighted by Gasteiger charge is -2.33. The molecule has 4 nitrogen and oxygen atoms in total. The van der Waals surface area contributed by atoms with Gasteiger partial charge in [-0.25, -0.2) is 4.79 Å². The number of carbonyl (C=O) groups is 1. The predicted octanol–water partition coefficient (Wildman–Crippen LogP) is 1.65. The van der Waals surface area contributed by atoms with Crippen molar-refractivity contribution in [1.29, 1.82) is 0 Å². The Morgan fingerprint density at radius 3 is 2.82 bits per heavy atom. The van der Waals surface area contributed by atoms with Gasteiger partial charge in [0.2, 0.25) is 0 Å². The number of β-amino-alcohol motifs (C(OH)–C–C–N with tert-alkyl or cyclic N) is 1. The molecule has 92 valence electrons. The minimum absolute atomic E-state index is 0.276. The van der Waals surface area contributed by atoms with E-state index in [0.717, 1.165) is 30.6 Å². The van der Waals surface area contributed by atoms with E-state index in [1.807, 2.05) is 13.0 Å². The van der Waals surface area contributed by atoms with E-state index in [2.05, 4.69) is 4.90 Å². The van der Waals surface area contributed by atoms with Gasteiger partial charge in [-0.2, -0.15) is 0 Å². The molecule has 1 aromatic carbocycles. The number of benzene rings is 1. The molecule has 1 fully saturated rings. The van der Waals surface area contributed by atoms with Gasteiger partial charge in [0.1, 0.15) is 0 Å². The summed E-state index contributed by atoms with van der Waals surface area (Å²) in [5.41, 5.74) is 2.27. The van der Waals surface area contributed by atoms with E-state index in [1.54, 1.807) is 12.1 Å². The quantitative estimate of drug-likeness (QED) is 0.818. The van der Waals surface area contributed by atoms with Crippen molar-refractivity contribution in [3.63, 3.8) is 0 Å². The monoisotopic (exact) mass is 235 g/mol. The molecule has 0 bridgehead atoms. The van der Waals surface area contributed by atoms with Gasteiger partial charge in [-0.05, 0) is 43.5 Å². The smallest absolute Gasteiger partial charge is 0.335 e. The Hall–Kier alpha value is -1.55. The molecule has 2 rings (SSSR count). The maximum absolute atomic E-state index is 10.8. The number of carboxylic acid groups (broad SMARTS) is 1. The molecule has 0 aliphatic carbocycles. The maximum Gasteiger partial charge on any atom is 0.335 e. The molecule has 2 N–H and O–H groups in total. The lowest BCUT2D eigenvalue weighted by atomic mass is 10.0. The molecule has 1 aliphatic rings. The van der Waals surface area contributed by atoms with Crippen molar-refractivity contribution in [1.82, 2.24) is 0 Å². The zero-order valence-electron chi connectivity index (χ0n) is 9.89. The summed E-state index contributed by atoms with van der Waals surface area (Å²) in [6.45, 7) is 3.46. The van der Waals surface area contributed by atoms with Crippen LogP contribution in [0.15, 0.2) is 18.2 Å². The molecule has 1 aliphatic heterocycles. The number of aliphatic hydroxyl groups is 1. The number of aryl methyl sites for hydroxylation is 1. The molecule has 0 amide bonds. The number of piperidine rings is 1. The van der Waals surface area contributed by atoms with Crippen LogP contribution in [0.3, 0.4) is 0 Å². The molecule has 0 radical (unpaired) electrons. The average molecular weight is 235 g/mol. The highest BCUT2D eigenvalue weighted by molar-refractivity contribution is 5.88. The Balaban J connectivity index is 2.23. The molecule has 1 atom stereocenters. The number of rotatable bonds is 2. The second-order valence-corrected chi connectivity index (χ2v) is 4.55. The summed E-state index contributed by atoms with van der Waals surface area (Å²) in [4.78, 5) is 13.0. The van der Waals surface area contributed by atoms with Crippen LogP contribution in [0.25, 0.3) is 0 Å². The fourth-order valence-electron chi connectivity index (χ4n) is 2.32. The summed E-state index contributed by atoms with van der Waals surface area (Å²) in [5.74, 6) is -0.904. The van der Waals surface area contributed by atoms with Crippen LogP contribution < -0.4 is 4.90 Å². The number of hydrogen-bond acceptors (Lipinski definition) is 3. The van der Waals surface area contributed by atoms with Gasteiger partial charge in [-0.15, -0.1) is 0 Å². The van der Waals surface area contributed by atoms with Gasteiger partial charge in [-0.3, -0.25) is 0 Å². The van der Waals surface area contributed by atoms with E-state index in [1.165, 1.54) is 0 Å². The normalized spacial score (nSPS) is 20.4. The van der Waals surface area contributed by atoms with Crippen molar-refractivity contribution in [2.24, 2.45) is 0 Å². The van der Waals surface area contributed by atoms with Gasteiger partial charge >= 0.3 is 5.97 Å². The molecule has 4 heteroatoms. The van der Waals surface area contributed by atoms with E-state index < -0.39 is 5.97 Å². The SMILES string of the molecule is Cc1cc(C(=O)O)ccc1N1CCCC(O)C1. The number of aromatic carboxylic acids is 1. The first kappa shape index (κ1) is 11.9. The van der Waals surface area contributed by atoms with Crippen LogP contribution in [-0.4, -0.2) is 35.4 Å². The Morgan fingerprint density at radius 2 is 2.24 bits per heavy atom. The van der Waals surface area contributed by atoms with Gasteiger partial charge in [0.15, 0.2) is 0 Å². The van der Waals surface area contributed by atoms with Crippen LogP contribution in [0.4, 0.5) is 5.69 Å². The Kier molecular flexibility index (Phi) is 3.33. The van der Waals surface area contributed by atoms with Crippen LogP contribution in [-0.2, 0) is 0 Å². The average Bonchev–Trinajstić information content (AvgIpc) is 2.28. The topological polar surface area (TPSA) is 60.8 Å². The zero-order chi connectivity index (χ0) is 12.4. The van der Waals surface area contributed by atoms with Crippen LogP contribution in [0.2, 0.25) is 0 Å². The summed E-state index contributed by atoms with van der Waals surface area (Å²) in [6.07, 6.45) is 1.55. The first-order valence-corrected chi connectivity index (χ1v) is 5.85. The van der Waals surface area contributed by atoms with Crippen LogP contribution >= 0.6 is 0 Å². The number of carboxylic acids is 1. The van der Waals surface area contributed by atoms with Gasteiger partial charge in [-0.1, -0.05) is 0 Å². The van der Waals surface area contributed by atoms with Crippen molar-refractivity contribution in [2.45, 2.75) is 25.9 Å². The highest BCUT2D eigenvalue weighted by Crippen LogP contribution is 2.24. The predicted molar refractivity (Wildman–Crippen MR) is 65.6 cm³/mol. The molecule has 1 unspecified atom stereocenters. The fraction of sp³-hybridized carbons (Fsp3) is 0.462. The van der Waals surface area contributed by atoms with E-state index >= 15 is 0 Å². The van der Waals surface area contributed by atoms with Gasteiger partial charge in [0, 0.05) is 18.8 Å². The molecule has 1 aromatic rings. The number of aliphatic hydroxyl groups excluding tert-OH is 1. The second-order valence-electron chi connectivity index (χ2n) is 4.55. The summed E-state index contributed by atoms with van der Waals surface area (Å²) >= 11 is 0. The van der Waals surface area contributed by atoms with E-state index in [-0.39, 0.29) is 6.10 Å². The first-order valence-electron chi connectivity index (χ1n) is 5.85. The van der Waals surface area contributed by atoms with E-state index in [9.17, 15) is 9.90 Å². The molecular weight excluding hydrogens is 218 g/mol. The van der Waals surface area contributed by atoms with Crippen LogP contribution in [0, 0.1) is 6.92 Å². The zero-order valence-corrected chi connectivity index (χ0v) is 9.89. The molecular formula is C13H17NO3. The Labute approximate surface area is 100 Å². The lowest BCUT2D eigenvalue weighted by Crippen LogP contribution is -2.38. The molecule has 0 saturated carbocycles.